The average molecular weight is 416 g/mol. The molecule has 1 aliphatic rings. The van der Waals surface area contributed by atoms with E-state index in [4.69, 9.17) is 28.6 Å². The Kier molecular flexibility index (Phi) is 6.37. The summed E-state index contributed by atoms with van der Waals surface area (Å²) < 4.78 is 6.54. The lowest BCUT2D eigenvalue weighted by Gasteiger charge is -2.12. The van der Waals surface area contributed by atoms with Crippen LogP contribution in [0, 0.1) is 6.92 Å². The minimum Gasteiger partial charge on any atom is -0.488 e. The van der Waals surface area contributed by atoms with Crippen molar-refractivity contribution in [1.29, 1.82) is 0 Å². The number of hydrogen-bond donors (Lipinski definition) is 0. The normalized spacial score (nSPS) is 15.5. The van der Waals surface area contributed by atoms with Crippen LogP contribution in [0.1, 0.15) is 16.7 Å². The molecule has 0 unspecified atom stereocenters. The molecule has 138 valence electrons. The molecule has 3 rings (SSSR count). The van der Waals surface area contributed by atoms with Crippen molar-refractivity contribution in [2.24, 2.45) is 0 Å². The Morgan fingerprint density at radius 2 is 2.07 bits per heavy atom. The summed E-state index contributed by atoms with van der Waals surface area (Å²) in [5.41, 5.74) is 3.02. The van der Waals surface area contributed by atoms with Crippen molar-refractivity contribution >= 4 is 51.9 Å². The zero-order valence-corrected chi connectivity index (χ0v) is 17.2. The Morgan fingerprint density at radius 1 is 1.30 bits per heavy atom. The van der Waals surface area contributed by atoms with Gasteiger partial charge in [-0.15, -0.1) is 6.58 Å². The number of carbonyl (C=O) groups is 1. The van der Waals surface area contributed by atoms with Crippen molar-refractivity contribution in [2.45, 2.75) is 13.5 Å². The number of carbonyl (C=O) groups excluding carboxylic acids is 1. The van der Waals surface area contributed by atoms with Crippen LogP contribution in [0.5, 0.6) is 5.75 Å². The molecule has 1 fully saturated rings. The van der Waals surface area contributed by atoms with Crippen LogP contribution in [0.3, 0.4) is 0 Å². The number of aryl methyl sites for hydroxylation is 1. The highest BCUT2D eigenvalue weighted by Crippen LogP contribution is 2.35. The largest absolute Gasteiger partial charge is 0.488 e. The SMILES string of the molecule is C=CCN1C(=O)/C(=C/c2cc(Cl)ccc2OCc2ccccc2C)SC1=S. The lowest BCUT2D eigenvalue weighted by atomic mass is 10.1. The maximum absolute atomic E-state index is 12.6. The number of hydrogen-bond acceptors (Lipinski definition) is 4. The molecule has 0 bridgehead atoms. The molecule has 1 amide bonds. The Hall–Kier alpha value is -2.08. The van der Waals surface area contributed by atoms with Crippen molar-refractivity contribution in [3.05, 3.63) is 81.7 Å². The van der Waals surface area contributed by atoms with Crippen molar-refractivity contribution in [1.82, 2.24) is 4.90 Å². The second kappa shape index (κ2) is 8.74. The zero-order valence-electron chi connectivity index (χ0n) is 14.8. The van der Waals surface area contributed by atoms with Crippen LogP contribution in [0.4, 0.5) is 0 Å². The molecule has 6 heteroatoms. The van der Waals surface area contributed by atoms with Crippen LogP contribution < -0.4 is 4.74 Å². The first-order valence-corrected chi connectivity index (χ1v) is 9.93. The molecular weight excluding hydrogens is 398 g/mol. The van der Waals surface area contributed by atoms with E-state index in [0.717, 1.165) is 11.1 Å². The fourth-order valence-electron chi connectivity index (χ4n) is 2.62. The van der Waals surface area contributed by atoms with Crippen LogP contribution in [0.2, 0.25) is 5.02 Å². The van der Waals surface area contributed by atoms with Crippen LogP contribution in [-0.4, -0.2) is 21.7 Å². The van der Waals surface area contributed by atoms with Crippen molar-refractivity contribution in [3.8, 4) is 5.75 Å². The summed E-state index contributed by atoms with van der Waals surface area (Å²) in [6.07, 6.45) is 3.44. The molecule has 0 aromatic heterocycles. The van der Waals surface area contributed by atoms with Gasteiger partial charge in [-0.3, -0.25) is 9.69 Å². The molecule has 0 N–H and O–H groups in total. The number of halogens is 1. The number of nitrogens with zero attached hydrogens (tertiary/aromatic N) is 1. The Labute approximate surface area is 173 Å². The van der Waals surface area contributed by atoms with Crippen molar-refractivity contribution in [2.75, 3.05) is 6.54 Å². The van der Waals surface area contributed by atoms with Crippen LogP contribution in [0.15, 0.2) is 60.0 Å². The van der Waals surface area contributed by atoms with E-state index in [1.54, 1.807) is 24.3 Å². The Balaban J connectivity index is 1.86. The maximum Gasteiger partial charge on any atom is 0.266 e. The number of ether oxygens (including phenoxy) is 1. The van der Waals surface area contributed by atoms with Gasteiger partial charge in [0.05, 0.1) is 4.91 Å². The summed E-state index contributed by atoms with van der Waals surface area (Å²) in [7, 11) is 0. The molecule has 3 nitrogen and oxygen atoms in total. The second-order valence-electron chi connectivity index (χ2n) is 5.98. The van der Waals surface area contributed by atoms with Crippen LogP contribution in [-0.2, 0) is 11.4 Å². The lowest BCUT2D eigenvalue weighted by Crippen LogP contribution is -2.27. The molecule has 2 aromatic carbocycles. The summed E-state index contributed by atoms with van der Waals surface area (Å²) in [5.74, 6) is 0.534. The monoisotopic (exact) mass is 415 g/mol. The van der Waals surface area contributed by atoms with E-state index in [-0.39, 0.29) is 5.91 Å². The summed E-state index contributed by atoms with van der Waals surface area (Å²) in [4.78, 5) is 14.6. The Bertz CT molecular complexity index is 940. The highest BCUT2D eigenvalue weighted by atomic mass is 35.5. The van der Waals surface area contributed by atoms with Crippen molar-refractivity contribution < 1.29 is 9.53 Å². The third-order valence-electron chi connectivity index (χ3n) is 4.09. The first kappa shape index (κ1) is 19.7. The first-order valence-electron chi connectivity index (χ1n) is 8.32. The average Bonchev–Trinajstić information content (AvgIpc) is 2.90. The first-order chi connectivity index (χ1) is 13.0. The molecule has 27 heavy (non-hydrogen) atoms. The van der Waals surface area contributed by atoms with Crippen molar-refractivity contribution in [3.63, 3.8) is 0 Å². The molecule has 0 saturated carbocycles. The number of amides is 1. The Morgan fingerprint density at radius 3 is 2.81 bits per heavy atom. The molecular formula is C21H18ClNO2S2. The third-order valence-corrected chi connectivity index (χ3v) is 5.70. The second-order valence-corrected chi connectivity index (χ2v) is 8.09. The number of thiocarbonyl (C=S) groups is 1. The molecule has 0 aliphatic carbocycles. The predicted octanol–water partition coefficient (Wildman–Crippen LogP) is 5.61. The summed E-state index contributed by atoms with van der Waals surface area (Å²) in [6, 6.07) is 13.4. The standard InChI is InChI=1S/C21H18ClNO2S2/c1-3-10-23-20(24)19(27-21(23)26)12-16-11-17(22)8-9-18(16)25-13-15-7-5-4-6-14(15)2/h3-9,11-12H,1,10,13H2,2H3/b19-12-. The maximum atomic E-state index is 12.6. The van der Waals surface area contributed by atoms with Gasteiger partial charge in [-0.2, -0.15) is 0 Å². The van der Waals surface area contributed by atoms with Crippen LogP contribution in [0.25, 0.3) is 6.08 Å². The zero-order chi connectivity index (χ0) is 19.4. The van der Waals surface area contributed by atoms with E-state index in [2.05, 4.69) is 6.58 Å². The van der Waals surface area contributed by atoms with Crippen LogP contribution >= 0.6 is 35.6 Å². The number of benzene rings is 2. The van der Waals surface area contributed by atoms with E-state index < -0.39 is 0 Å². The molecule has 2 aromatic rings. The summed E-state index contributed by atoms with van der Waals surface area (Å²) >= 11 is 12.7. The molecule has 0 spiro atoms. The van der Waals surface area contributed by atoms with Gasteiger partial charge in [0.15, 0.2) is 0 Å². The third kappa shape index (κ3) is 4.61. The van der Waals surface area contributed by atoms with E-state index >= 15 is 0 Å². The molecule has 1 aliphatic heterocycles. The fraction of sp³-hybridized carbons (Fsp3) is 0.143. The highest BCUT2D eigenvalue weighted by molar-refractivity contribution is 8.26. The highest BCUT2D eigenvalue weighted by Gasteiger charge is 2.31. The van der Waals surface area contributed by atoms with Gasteiger partial charge >= 0.3 is 0 Å². The van der Waals surface area contributed by atoms with Gasteiger partial charge in [0.2, 0.25) is 0 Å². The predicted molar refractivity (Wildman–Crippen MR) is 117 cm³/mol. The van der Waals surface area contributed by atoms with Gasteiger partial charge in [0.1, 0.15) is 16.7 Å². The van der Waals surface area contributed by atoms with E-state index in [1.807, 2.05) is 37.3 Å². The molecule has 1 heterocycles. The molecule has 1 saturated heterocycles. The van der Waals surface area contributed by atoms with Gasteiger partial charge in [-0.1, -0.05) is 65.9 Å². The fourth-order valence-corrected chi connectivity index (χ4v) is 4.07. The van der Waals surface area contributed by atoms with Gasteiger partial charge in [0.25, 0.3) is 5.91 Å². The quantitative estimate of drug-likeness (QED) is 0.348. The number of thioether (sulfide) groups is 1. The van der Waals surface area contributed by atoms with Gasteiger partial charge in [0, 0.05) is 17.1 Å². The minimum absolute atomic E-state index is 0.130. The minimum atomic E-state index is -0.130. The van der Waals surface area contributed by atoms with Gasteiger partial charge < -0.3 is 4.74 Å². The van der Waals surface area contributed by atoms with E-state index in [9.17, 15) is 4.79 Å². The van der Waals surface area contributed by atoms with Gasteiger partial charge in [-0.25, -0.2) is 0 Å². The molecule has 0 radical (unpaired) electrons. The number of rotatable bonds is 6. The lowest BCUT2D eigenvalue weighted by molar-refractivity contribution is -0.121. The van der Waals surface area contributed by atoms with Gasteiger partial charge in [-0.05, 0) is 42.3 Å². The summed E-state index contributed by atoms with van der Waals surface area (Å²) in [5, 5.41) is 0.575. The van der Waals surface area contributed by atoms with E-state index in [0.29, 0.717) is 33.1 Å². The molecule has 0 atom stereocenters. The van der Waals surface area contributed by atoms with E-state index in [1.165, 1.54) is 22.2 Å². The smallest absolute Gasteiger partial charge is 0.266 e. The topological polar surface area (TPSA) is 29.5 Å². The summed E-state index contributed by atoms with van der Waals surface area (Å²) in [6.45, 7) is 6.55.